The minimum atomic E-state index is -3.42. The molecule has 7 heteroatoms. The highest BCUT2D eigenvalue weighted by Gasteiger charge is 2.27. The standard InChI is InChI=1S/C14H19Cl2NO2S2/c1-10-11(2)20-7-5-17(10)6-8-21(18,19)14-9-12(15)3-4-13(14)16/h3-4,9-11H,5-8H2,1-2H3. The van der Waals surface area contributed by atoms with Gasteiger partial charge in [-0.25, -0.2) is 8.42 Å². The summed E-state index contributed by atoms with van der Waals surface area (Å²) in [6.07, 6.45) is 0. The number of nitrogens with zero attached hydrogens (tertiary/aromatic N) is 1. The van der Waals surface area contributed by atoms with Gasteiger partial charge in [0.25, 0.3) is 0 Å². The van der Waals surface area contributed by atoms with Crippen LogP contribution in [0.25, 0.3) is 0 Å². The van der Waals surface area contributed by atoms with Crippen LogP contribution in [0.5, 0.6) is 0 Å². The predicted octanol–water partition coefficient (Wildman–Crippen LogP) is 3.59. The molecule has 1 aromatic carbocycles. The van der Waals surface area contributed by atoms with Gasteiger partial charge in [-0.3, -0.25) is 4.90 Å². The van der Waals surface area contributed by atoms with Gasteiger partial charge in [-0.1, -0.05) is 30.1 Å². The minimum Gasteiger partial charge on any atom is -0.298 e. The van der Waals surface area contributed by atoms with Crippen LogP contribution >= 0.6 is 35.0 Å². The Kier molecular flexibility index (Phi) is 5.88. The number of rotatable bonds is 4. The lowest BCUT2D eigenvalue weighted by molar-refractivity contribution is 0.225. The quantitative estimate of drug-likeness (QED) is 0.814. The van der Waals surface area contributed by atoms with Crippen molar-refractivity contribution in [3.8, 4) is 0 Å². The highest BCUT2D eigenvalue weighted by molar-refractivity contribution is 8.00. The third-order valence-corrected chi connectivity index (χ3v) is 7.63. The average Bonchev–Trinajstić information content (AvgIpc) is 2.43. The molecule has 0 radical (unpaired) electrons. The zero-order chi connectivity index (χ0) is 15.6. The monoisotopic (exact) mass is 367 g/mol. The number of benzene rings is 1. The second-order valence-corrected chi connectivity index (χ2v) is 9.65. The molecule has 0 saturated carbocycles. The first kappa shape index (κ1) is 17.4. The molecule has 1 aliphatic rings. The third-order valence-electron chi connectivity index (χ3n) is 3.89. The van der Waals surface area contributed by atoms with Crippen LogP contribution in [0.15, 0.2) is 23.1 Å². The zero-order valence-electron chi connectivity index (χ0n) is 12.1. The number of hydrogen-bond acceptors (Lipinski definition) is 4. The smallest absolute Gasteiger partial charge is 0.181 e. The minimum absolute atomic E-state index is 0.0643. The second kappa shape index (κ2) is 7.09. The van der Waals surface area contributed by atoms with Gasteiger partial charge in [0.05, 0.1) is 15.7 Å². The Hall–Kier alpha value is 0.0600. The molecule has 0 aromatic heterocycles. The Morgan fingerprint density at radius 1 is 1.33 bits per heavy atom. The highest BCUT2D eigenvalue weighted by Crippen LogP contribution is 2.27. The lowest BCUT2D eigenvalue weighted by atomic mass is 10.2. The van der Waals surface area contributed by atoms with Crippen LogP contribution in [0.2, 0.25) is 10.0 Å². The summed E-state index contributed by atoms with van der Waals surface area (Å²) < 4.78 is 24.9. The van der Waals surface area contributed by atoms with E-state index in [4.69, 9.17) is 23.2 Å². The van der Waals surface area contributed by atoms with Crippen molar-refractivity contribution >= 4 is 44.8 Å². The topological polar surface area (TPSA) is 37.4 Å². The van der Waals surface area contributed by atoms with E-state index in [0.717, 1.165) is 12.3 Å². The summed E-state index contributed by atoms with van der Waals surface area (Å²) in [5.41, 5.74) is 0. The third kappa shape index (κ3) is 4.29. The van der Waals surface area contributed by atoms with Crippen LogP contribution in [0.4, 0.5) is 0 Å². The van der Waals surface area contributed by atoms with Crippen LogP contribution in [-0.4, -0.2) is 49.2 Å². The molecule has 21 heavy (non-hydrogen) atoms. The normalized spacial score (nSPS) is 24.2. The van der Waals surface area contributed by atoms with Gasteiger partial charge in [0.2, 0.25) is 0 Å². The van der Waals surface area contributed by atoms with E-state index in [1.807, 2.05) is 11.8 Å². The van der Waals surface area contributed by atoms with Crippen molar-refractivity contribution in [1.82, 2.24) is 4.90 Å². The predicted molar refractivity (Wildman–Crippen MR) is 91.5 cm³/mol. The molecule has 0 bridgehead atoms. The van der Waals surface area contributed by atoms with E-state index in [9.17, 15) is 8.42 Å². The molecule has 0 aliphatic carbocycles. The lowest BCUT2D eigenvalue weighted by Gasteiger charge is -2.37. The maximum atomic E-state index is 12.5. The van der Waals surface area contributed by atoms with E-state index >= 15 is 0 Å². The summed E-state index contributed by atoms with van der Waals surface area (Å²) in [4.78, 5) is 2.36. The molecule has 3 nitrogen and oxygen atoms in total. The number of halogens is 2. The van der Waals surface area contributed by atoms with E-state index in [2.05, 4.69) is 18.7 Å². The van der Waals surface area contributed by atoms with Crippen LogP contribution in [0.1, 0.15) is 13.8 Å². The van der Waals surface area contributed by atoms with Crippen molar-refractivity contribution in [1.29, 1.82) is 0 Å². The SMILES string of the molecule is CC1SCCN(CCS(=O)(=O)c2cc(Cl)ccc2Cl)C1C. The van der Waals surface area contributed by atoms with Crippen LogP contribution in [0.3, 0.4) is 0 Å². The van der Waals surface area contributed by atoms with Crippen LogP contribution < -0.4 is 0 Å². The molecule has 1 heterocycles. The molecule has 1 aromatic rings. The van der Waals surface area contributed by atoms with Gasteiger partial charge in [0, 0.05) is 35.2 Å². The van der Waals surface area contributed by atoms with Crippen molar-refractivity contribution in [3.05, 3.63) is 28.2 Å². The Morgan fingerprint density at radius 2 is 2.05 bits per heavy atom. The Morgan fingerprint density at radius 3 is 2.76 bits per heavy atom. The molecular weight excluding hydrogens is 349 g/mol. The molecule has 2 rings (SSSR count). The van der Waals surface area contributed by atoms with E-state index < -0.39 is 9.84 Å². The van der Waals surface area contributed by atoms with E-state index in [1.165, 1.54) is 12.1 Å². The molecular formula is C14H19Cl2NO2S2. The maximum Gasteiger partial charge on any atom is 0.181 e. The van der Waals surface area contributed by atoms with Gasteiger partial charge in [-0.2, -0.15) is 11.8 Å². The lowest BCUT2D eigenvalue weighted by Crippen LogP contribution is -2.46. The molecule has 1 saturated heterocycles. The van der Waals surface area contributed by atoms with Crippen molar-refractivity contribution in [2.45, 2.75) is 30.0 Å². The second-order valence-electron chi connectivity index (χ2n) is 5.25. The highest BCUT2D eigenvalue weighted by atomic mass is 35.5. The van der Waals surface area contributed by atoms with Crippen LogP contribution in [0, 0.1) is 0 Å². The first-order chi connectivity index (χ1) is 9.81. The van der Waals surface area contributed by atoms with Crippen molar-refractivity contribution in [2.24, 2.45) is 0 Å². The van der Waals surface area contributed by atoms with Gasteiger partial charge in [-0.15, -0.1) is 0 Å². The first-order valence-electron chi connectivity index (χ1n) is 6.85. The van der Waals surface area contributed by atoms with Crippen molar-refractivity contribution < 1.29 is 8.42 Å². The van der Waals surface area contributed by atoms with Crippen molar-refractivity contribution in [3.63, 3.8) is 0 Å². The maximum absolute atomic E-state index is 12.5. The molecule has 2 atom stereocenters. The van der Waals surface area contributed by atoms with Gasteiger partial charge in [0.1, 0.15) is 0 Å². The summed E-state index contributed by atoms with van der Waals surface area (Å²) >= 11 is 13.8. The zero-order valence-corrected chi connectivity index (χ0v) is 15.2. The number of sulfone groups is 1. The van der Waals surface area contributed by atoms with Gasteiger partial charge in [0.15, 0.2) is 9.84 Å². The summed E-state index contributed by atoms with van der Waals surface area (Å²) in [6, 6.07) is 4.93. The fourth-order valence-corrected chi connectivity index (χ4v) is 5.61. The first-order valence-corrected chi connectivity index (χ1v) is 10.3. The largest absolute Gasteiger partial charge is 0.298 e. The molecule has 2 unspecified atom stereocenters. The number of thioether (sulfide) groups is 1. The van der Waals surface area contributed by atoms with Gasteiger partial charge >= 0.3 is 0 Å². The van der Waals surface area contributed by atoms with E-state index in [1.54, 1.807) is 6.07 Å². The molecule has 0 amide bonds. The molecule has 0 spiro atoms. The van der Waals surface area contributed by atoms with Gasteiger partial charge < -0.3 is 0 Å². The Labute approximate surface area is 140 Å². The van der Waals surface area contributed by atoms with Gasteiger partial charge in [-0.05, 0) is 25.1 Å². The summed E-state index contributed by atoms with van der Waals surface area (Å²) in [5.74, 6) is 1.11. The van der Waals surface area contributed by atoms with E-state index in [0.29, 0.717) is 22.9 Å². The fourth-order valence-electron chi connectivity index (χ4n) is 2.37. The molecule has 0 N–H and O–H groups in total. The fraction of sp³-hybridized carbons (Fsp3) is 0.571. The molecule has 118 valence electrons. The van der Waals surface area contributed by atoms with Crippen LogP contribution in [-0.2, 0) is 9.84 Å². The molecule has 1 aliphatic heterocycles. The summed E-state index contributed by atoms with van der Waals surface area (Å²) in [5, 5.41) is 1.14. The van der Waals surface area contributed by atoms with E-state index in [-0.39, 0.29) is 15.7 Å². The Balaban J connectivity index is 2.09. The summed E-state index contributed by atoms with van der Waals surface area (Å²) in [7, 11) is -3.42. The van der Waals surface area contributed by atoms with Crippen molar-refractivity contribution in [2.75, 3.05) is 24.6 Å². The summed E-state index contributed by atoms with van der Waals surface area (Å²) in [6.45, 7) is 5.78. The number of hydrogen-bond donors (Lipinski definition) is 0. The Bertz CT molecular complexity index is 607. The molecule has 1 fully saturated rings. The average molecular weight is 368 g/mol.